The van der Waals surface area contributed by atoms with Crippen LogP contribution in [0, 0.1) is 0 Å². The lowest BCUT2D eigenvalue weighted by molar-refractivity contribution is 0.0946. The Labute approximate surface area is 147 Å². The van der Waals surface area contributed by atoms with Crippen LogP contribution in [-0.2, 0) is 0 Å². The zero-order valence-electron chi connectivity index (χ0n) is 13.5. The second kappa shape index (κ2) is 9.36. The molecule has 1 aromatic carbocycles. The van der Waals surface area contributed by atoms with E-state index in [1.807, 2.05) is 30.3 Å². The van der Waals surface area contributed by atoms with Crippen LogP contribution in [0.2, 0.25) is 0 Å². The van der Waals surface area contributed by atoms with Gasteiger partial charge in [-0.05, 0) is 25.1 Å². The van der Waals surface area contributed by atoms with Gasteiger partial charge < -0.3 is 15.5 Å². The van der Waals surface area contributed by atoms with Gasteiger partial charge in [-0.15, -0.1) is 17.5 Å². The highest BCUT2D eigenvalue weighted by Gasteiger charge is 2.12. The molecule has 0 atom stereocenters. The van der Waals surface area contributed by atoms with Crippen LogP contribution in [-0.4, -0.2) is 65.1 Å². The van der Waals surface area contributed by atoms with Crippen LogP contribution in [0.4, 0.5) is 0 Å². The molecule has 1 amide bonds. The molecule has 1 aliphatic heterocycles. The molecular weight excluding hydrogens is 328 g/mol. The van der Waals surface area contributed by atoms with E-state index in [0.29, 0.717) is 12.2 Å². The number of benzene rings is 1. The summed E-state index contributed by atoms with van der Waals surface area (Å²) in [4.78, 5) is 14.5. The number of piperazine rings is 1. The van der Waals surface area contributed by atoms with Crippen molar-refractivity contribution in [3.63, 3.8) is 0 Å². The number of carbonyl (C=O) groups excluding carboxylic acids is 1. The van der Waals surface area contributed by atoms with E-state index in [2.05, 4.69) is 25.8 Å². The molecule has 3 rings (SSSR count). The number of halogens is 1. The molecule has 130 valence electrons. The minimum Gasteiger partial charge on any atom is -0.351 e. The Bertz CT molecular complexity index is 627. The lowest BCUT2D eigenvalue weighted by Gasteiger charge is -2.26. The van der Waals surface area contributed by atoms with Gasteiger partial charge in [0.2, 0.25) is 0 Å². The average molecular weight is 351 g/mol. The van der Waals surface area contributed by atoms with E-state index in [4.69, 9.17) is 0 Å². The summed E-state index contributed by atoms with van der Waals surface area (Å²) in [5, 5.41) is 14.2. The summed E-state index contributed by atoms with van der Waals surface area (Å²) < 4.78 is 1.61. The highest BCUT2D eigenvalue weighted by atomic mass is 35.5. The summed E-state index contributed by atoms with van der Waals surface area (Å²) in [5.41, 5.74) is 1.23. The fourth-order valence-electron chi connectivity index (χ4n) is 2.60. The molecule has 7 nitrogen and oxygen atoms in total. The first-order valence-electron chi connectivity index (χ1n) is 8.02. The Morgan fingerprint density at radius 1 is 1.21 bits per heavy atom. The van der Waals surface area contributed by atoms with Crippen molar-refractivity contribution in [2.24, 2.45) is 0 Å². The Hall–Kier alpha value is -1.96. The lowest BCUT2D eigenvalue weighted by Crippen LogP contribution is -2.44. The van der Waals surface area contributed by atoms with Crippen molar-refractivity contribution in [2.75, 3.05) is 39.3 Å². The molecule has 0 radical (unpaired) electrons. The van der Waals surface area contributed by atoms with Gasteiger partial charge in [0.1, 0.15) is 0 Å². The molecule has 2 N–H and O–H groups in total. The average Bonchev–Trinajstić information content (AvgIpc) is 3.10. The minimum atomic E-state index is -0.174. The van der Waals surface area contributed by atoms with Crippen LogP contribution >= 0.6 is 12.4 Å². The molecule has 8 heteroatoms. The van der Waals surface area contributed by atoms with Gasteiger partial charge in [0, 0.05) is 32.7 Å². The number of aromatic nitrogens is 3. The van der Waals surface area contributed by atoms with E-state index >= 15 is 0 Å². The molecule has 2 heterocycles. The summed E-state index contributed by atoms with van der Waals surface area (Å²) in [5.74, 6) is -0.174. The third-order valence-electron chi connectivity index (χ3n) is 3.89. The summed E-state index contributed by atoms with van der Waals surface area (Å²) >= 11 is 0. The quantitative estimate of drug-likeness (QED) is 0.751. The molecule has 0 bridgehead atoms. The number of rotatable bonds is 6. The summed E-state index contributed by atoms with van der Waals surface area (Å²) in [7, 11) is 0. The number of nitrogens with zero attached hydrogens (tertiary/aromatic N) is 4. The third-order valence-corrected chi connectivity index (χ3v) is 3.89. The maximum atomic E-state index is 12.1. The highest BCUT2D eigenvalue weighted by Crippen LogP contribution is 2.05. The second-order valence-corrected chi connectivity index (χ2v) is 5.58. The summed E-state index contributed by atoms with van der Waals surface area (Å²) in [6, 6.07) is 9.62. The Morgan fingerprint density at radius 2 is 1.96 bits per heavy atom. The first-order chi connectivity index (χ1) is 11.3. The molecular formula is C16H23ClN6O. The van der Waals surface area contributed by atoms with Crippen LogP contribution in [0.25, 0.3) is 5.69 Å². The van der Waals surface area contributed by atoms with Gasteiger partial charge in [-0.3, -0.25) is 4.79 Å². The molecule has 0 unspecified atom stereocenters. The molecule has 1 saturated heterocycles. The summed E-state index contributed by atoms with van der Waals surface area (Å²) in [6.45, 7) is 5.93. The standard InChI is InChI=1S/C16H22N6O.ClH/c23-16(18-7-4-10-21-11-8-17-9-12-21)15-13-22(20-19-15)14-5-2-1-3-6-14;/h1-3,5-6,13,17H,4,7-12H2,(H,18,23);1H. The van der Waals surface area contributed by atoms with E-state index in [0.717, 1.165) is 44.8 Å². The van der Waals surface area contributed by atoms with Crippen LogP contribution < -0.4 is 10.6 Å². The number of nitrogens with one attached hydrogen (secondary N) is 2. The van der Waals surface area contributed by atoms with E-state index in [1.165, 1.54) is 0 Å². The van der Waals surface area contributed by atoms with Gasteiger partial charge >= 0.3 is 0 Å². The monoisotopic (exact) mass is 350 g/mol. The molecule has 1 aliphatic rings. The van der Waals surface area contributed by atoms with E-state index < -0.39 is 0 Å². The topological polar surface area (TPSA) is 75.1 Å². The Kier molecular flexibility index (Phi) is 7.17. The number of amides is 1. The minimum absolute atomic E-state index is 0. The van der Waals surface area contributed by atoms with Crippen LogP contribution in [0.3, 0.4) is 0 Å². The largest absolute Gasteiger partial charge is 0.351 e. The van der Waals surface area contributed by atoms with Gasteiger partial charge in [0.15, 0.2) is 5.69 Å². The molecule has 1 fully saturated rings. The van der Waals surface area contributed by atoms with Crippen molar-refractivity contribution in [1.82, 2.24) is 30.5 Å². The smallest absolute Gasteiger partial charge is 0.273 e. The highest BCUT2D eigenvalue weighted by molar-refractivity contribution is 5.91. The van der Waals surface area contributed by atoms with Crippen molar-refractivity contribution >= 4 is 18.3 Å². The van der Waals surface area contributed by atoms with Gasteiger partial charge in [-0.2, -0.15) is 0 Å². The zero-order valence-corrected chi connectivity index (χ0v) is 14.3. The van der Waals surface area contributed by atoms with Gasteiger partial charge in [0.05, 0.1) is 11.9 Å². The van der Waals surface area contributed by atoms with Crippen LogP contribution in [0.1, 0.15) is 16.9 Å². The molecule has 1 aromatic heterocycles. The van der Waals surface area contributed by atoms with Crippen LogP contribution in [0.15, 0.2) is 36.5 Å². The van der Waals surface area contributed by atoms with E-state index in [1.54, 1.807) is 10.9 Å². The lowest BCUT2D eigenvalue weighted by atomic mass is 10.3. The number of carbonyl (C=O) groups is 1. The first-order valence-corrected chi connectivity index (χ1v) is 8.02. The van der Waals surface area contributed by atoms with Crippen molar-refractivity contribution in [3.8, 4) is 5.69 Å². The Morgan fingerprint density at radius 3 is 2.71 bits per heavy atom. The Balaban J connectivity index is 0.00000208. The molecule has 0 aliphatic carbocycles. The third kappa shape index (κ3) is 5.02. The SMILES string of the molecule is Cl.O=C(NCCCN1CCNCC1)c1cn(-c2ccccc2)nn1. The first kappa shape index (κ1) is 18.4. The number of para-hydroxylation sites is 1. The van der Waals surface area contributed by atoms with Crippen molar-refractivity contribution in [2.45, 2.75) is 6.42 Å². The fourth-order valence-corrected chi connectivity index (χ4v) is 2.60. The van der Waals surface area contributed by atoms with Crippen molar-refractivity contribution < 1.29 is 4.79 Å². The molecule has 24 heavy (non-hydrogen) atoms. The van der Waals surface area contributed by atoms with Gasteiger partial charge in [-0.25, -0.2) is 4.68 Å². The molecule has 0 saturated carbocycles. The second-order valence-electron chi connectivity index (χ2n) is 5.58. The van der Waals surface area contributed by atoms with Gasteiger partial charge in [0.25, 0.3) is 5.91 Å². The fraction of sp³-hybridized carbons (Fsp3) is 0.438. The predicted octanol–water partition coefficient (Wildman–Crippen LogP) is 0.714. The van der Waals surface area contributed by atoms with E-state index in [9.17, 15) is 4.79 Å². The van der Waals surface area contributed by atoms with Crippen molar-refractivity contribution in [1.29, 1.82) is 0 Å². The maximum absolute atomic E-state index is 12.1. The van der Waals surface area contributed by atoms with Gasteiger partial charge in [-0.1, -0.05) is 23.4 Å². The number of hydrogen-bond donors (Lipinski definition) is 2. The van der Waals surface area contributed by atoms with Crippen LogP contribution in [0.5, 0.6) is 0 Å². The summed E-state index contributed by atoms with van der Waals surface area (Å²) in [6.07, 6.45) is 2.60. The number of hydrogen-bond acceptors (Lipinski definition) is 5. The normalized spacial score (nSPS) is 14.8. The maximum Gasteiger partial charge on any atom is 0.273 e. The zero-order chi connectivity index (χ0) is 15.9. The predicted molar refractivity (Wildman–Crippen MR) is 94.9 cm³/mol. The van der Waals surface area contributed by atoms with E-state index in [-0.39, 0.29) is 18.3 Å². The van der Waals surface area contributed by atoms with Crippen molar-refractivity contribution in [3.05, 3.63) is 42.2 Å². The molecule has 2 aromatic rings. The molecule has 0 spiro atoms.